The number of nitrogens with zero attached hydrogens (tertiary/aromatic N) is 2. The number of aromatic nitrogens is 3. The summed E-state index contributed by atoms with van der Waals surface area (Å²) < 4.78 is 10.9. The zero-order valence-corrected chi connectivity index (χ0v) is 17.9. The molecule has 0 aliphatic carbocycles. The average molecular weight is 428 g/mol. The molecule has 4 rings (SSSR count). The van der Waals surface area contributed by atoms with Gasteiger partial charge in [-0.25, -0.2) is 4.98 Å². The quantitative estimate of drug-likeness (QED) is 0.438. The number of amides is 1. The van der Waals surface area contributed by atoms with Gasteiger partial charge in [0.1, 0.15) is 17.3 Å². The number of ether oxygens (including phenoxy) is 2. The molecule has 4 aromatic rings. The number of aromatic amines is 1. The Morgan fingerprint density at radius 1 is 0.906 bits per heavy atom. The predicted octanol–water partition coefficient (Wildman–Crippen LogP) is 4.23. The first kappa shape index (κ1) is 21.1. The second-order valence-corrected chi connectivity index (χ2v) is 7.20. The molecule has 1 atom stereocenters. The van der Waals surface area contributed by atoms with E-state index >= 15 is 0 Å². The molecule has 1 heterocycles. The fourth-order valence-electron chi connectivity index (χ4n) is 3.17. The summed E-state index contributed by atoms with van der Waals surface area (Å²) in [6, 6.07) is 25.2. The van der Waals surface area contributed by atoms with Gasteiger partial charge in [-0.3, -0.25) is 9.89 Å². The Hall–Kier alpha value is -4.13. The SMILES string of the molecule is COc1ccc(-c2n[nH]c(CNC(=O)C(C)Oc3ccc(-c4ccccc4)cc3)n2)cc1. The summed E-state index contributed by atoms with van der Waals surface area (Å²) in [5.74, 6) is 2.28. The lowest BCUT2D eigenvalue weighted by molar-refractivity contribution is -0.127. The molecular formula is C25H24N4O3. The first-order valence-electron chi connectivity index (χ1n) is 10.3. The van der Waals surface area contributed by atoms with E-state index in [9.17, 15) is 4.79 Å². The number of methoxy groups -OCH3 is 1. The summed E-state index contributed by atoms with van der Waals surface area (Å²) >= 11 is 0. The lowest BCUT2D eigenvalue weighted by atomic mass is 10.1. The van der Waals surface area contributed by atoms with Gasteiger partial charge in [0.2, 0.25) is 0 Å². The summed E-state index contributed by atoms with van der Waals surface area (Å²) in [6.45, 7) is 1.94. The Kier molecular flexibility index (Phi) is 6.46. The Labute approximate surface area is 186 Å². The zero-order chi connectivity index (χ0) is 22.3. The molecule has 162 valence electrons. The highest BCUT2D eigenvalue weighted by atomic mass is 16.5. The van der Waals surface area contributed by atoms with Crippen molar-refractivity contribution in [1.29, 1.82) is 0 Å². The van der Waals surface area contributed by atoms with E-state index in [0.717, 1.165) is 22.4 Å². The van der Waals surface area contributed by atoms with Gasteiger partial charge in [-0.2, -0.15) is 5.10 Å². The predicted molar refractivity (Wildman–Crippen MR) is 122 cm³/mol. The molecule has 1 aromatic heterocycles. The van der Waals surface area contributed by atoms with E-state index in [1.165, 1.54) is 0 Å². The maximum absolute atomic E-state index is 12.4. The molecule has 2 N–H and O–H groups in total. The molecule has 0 fully saturated rings. The fraction of sp³-hybridized carbons (Fsp3) is 0.160. The number of nitrogens with one attached hydrogen (secondary N) is 2. The van der Waals surface area contributed by atoms with E-state index in [1.54, 1.807) is 14.0 Å². The lowest BCUT2D eigenvalue weighted by Crippen LogP contribution is -2.36. The van der Waals surface area contributed by atoms with Crippen LogP contribution in [0.15, 0.2) is 78.9 Å². The third-order valence-corrected chi connectivity index (χ3v) is 4.95. The first-order chi connectivity index (χ1) is 15.6. The smallest absolute Gasteiger partial charge is 0.261 e. The molecule has 7 heteroatoms. The molecule has 0 spiro atoms. The Morgan fingerprint density at radius 2 is 1.53 bits per heavy atom. The summed E-state index contributed by atoms with van der Waals surface area (Å²) in [5.41, 5.74) is 3.08. The second-order valence-electron chi connectivity index (χ2n) is 7.20. The van der Waals surface area contributed by atoms with Crippen molar-refractivity contribution in [1.82, 2.24) is 20.5 Å². The maximum atomic E-state index is 12.4. The number of carbonyl (C=O) groups is 1. The Balaban J connectivity index is 1.30. The summed E-state index contributed by atoms with van der Waals surface area (Å²) in [6.07, 6.45) is -0.651. The molecule has 7 nitrogen and oxygen atoms in total. The van der Waals surface area contributed by atoms with Crippen molar-refractivity contribution in [2.75, 3.05) is 7.11 Å². The van der Waals surface area contributed by atoms with Gasteiger partial charge in [0.05, 0.1) is 13.7 Å². The van der Waals surface area contributed by atoms with Crippen molar-refractivity contribution in [3.8, 4) is 34.0 Å². The minimum absolute atomic E-state index is 0.225. The highest BCUT2D eigenvalue weighted by molar-refractivity contribution is 5.80. The number of carbonyl (C=O) groups excluding carboxylic acids is 1. The third kappa shape index (κ3) is 5.13. The standard InChI is InChI=1S/C25H24N4O3/c1-17(32-22-14-8-19(9-15-22)18-6-4-3-5-7-18)25(30)26-16-23-27-24(29-28-23)20-10-12-21(31-2)13-11-20/h3-15,17H,16H2,1-2H3,(H,26,30)(H,27,28,29). The second kappa shape index (κ2) is 9.78. The van der Waals surface area contributed by atoms with Crippen LogP contribution in [0.4, 0.5) is 0 Å². The topological polar surface area (TPSA) is 89.1 Å². The van der Waals surface area contributed by atoms with Crippen molar-refractivity contribution >= 4 is 5.91 Å². The van der Waals surface area contributed by atoms with Gasteiger partial charge in [0, 0.05) is 5.56 Å². The monoisotopic (exact) mass is 428 g/mol. The molecule has 0 bridgehead atoms. The van der Waals surface area contributed by atoms with Crippen LogP contribution in [0, 0.1) is 0 Å². The Morgan fingerprint density at radius 3 is 2.22 bits per heavy atom. The highest BCUT2D eigenvalue weighted by Gasteiger charge is 2.15. The van der Waals surface area contributed by atoms with Crippen LogP contribution in [-0.2, 0) is 11.3 Å². The van der Waals surface area contributed by atoms with Crippen LogP contribution in [0.5, 0.6) is 11.5 Å². The molecule has 32 heavy (non-hydrogen) atoms. The van der Waals surface area contributed by atoms with Crippen LogP contribution in [0.25, 0.3) is 22.5 Å². The van der Waals surface area contributed by atoms with Gasteiger partial charge >= 0.3 is 0 Å². The molecule has 0 aliphatic rings. The number of hydrogen-bond acceptors (Lipinski definition) is 5. The summed E-state index contributed by atoms with van der Waals surface area (Å²) in [4.78, 5) is 16.9. The van der Waals surface area contributed by atoms with E-state index in [1.807, 2.05) is 66.7 Å². The summed E-state index contributed by atoms with van der Waals surface area (Å²) in [7, 11) is 1.62. The van der Waals surface area contributed by atoms with E-state index in [-0.39, 0.29) is 12.5 Å². The molecule has 1 amide bonds. The van der Waals surface area contributed by atoms with Crippen molar-refractivity contribution in [3.05, 3.63) is 84.7 Å². The lowest BCUT2D eigenvalue weighted by Gasteiger charge is -2.14. The van der Waals surface area contributed by atoms with Gasteiger partial charge < -0.3 is 14.8 Å². The molecule has 0 saturated carbocycles. The van der Waals surface area contributed by atoms with Gasteiger partial charge in [-0.05, 0) is 54.4 Å². The third-order valence-electron chi connectivity index (χ3n) is 4.95. The minimum atomic E-state index is -0.651. The fourth-order valence-corrected chi connectivity index (χ4v) is 3.17. The number of rotatable bonds is 8. The van der Waals surface area contributed by atoms with E-state index in [0.29, 0.717) is 17.4 Å². The van der Waals surface area contributed by atoms with Crippen LogP contribution in [0.2, 0.25) is 0 Å². The Bertz CT molecular complexity index is 1160. The van der Waals surface area contributed by atoms with E-state index in [4.69, 9.17) is 9.47 Å². The van der Waals surface area contributed by atoms with Crippen LogP contribution < -0.4 is 14.8 Å². The van der Waals surface area contributed by atoms with Crippen molar-refractivity contribution < 1.29 is 14.3 Å². The van der Waals surface area contributed by atoms with E-state index in [2.05, 4.69) is 32.6 Å². The average Bonchev–Trinajstić information content (AvgIpc) is 3.32. The van der Waals surface area contributed by atoms with Crippen molar-refractivity contribution in [3.63, 3.8) is 0 Å². The van der Waals surface area contributed by atoms with Crippen LogP contribution in [0.3, 0.4) is 0 Å². The molecular weight excluding hydrogens is 404 g/mol. The van der Waals surface area contributed by atoms with Gasteiger partial charge in [0.25, 0.3) is 5.91 Å². The number of benzene rings is 3. The van der Waals surface area contributed by atoms with Crippen molar-refractivity contribution in [2.24, 2.45) is 0 Å². The van der Waals surface area contributed by atoms with Gasteiger partial charge in [-0.15, -0.1) is 0 Å². The molecule has 0 saturated heterocycles. The molecule has 1 unspecified atom stereocenters. The number of hydrogen-bond donors (Lipinski definition) is 2. The maximum Gasteiger partial charge on any atom is 0.261 e. The van der Waals surface area contributed by atoms with Gasteiger partial charge in [0.15, 0.2) is 11.9 Å². The van der Waals surface area contributed by atoms with Crippen LogP contribution >= 0.6 is 0 Å². The molecule has 3 aromatic carbocycles. The van der Waals surface area contributed by atoms with Crippen LogP contribution in [0.1, 0.15) is 12.7 Å². The summed E-state index contributed by atoms with van der Waals surface area (Å²) in [5, 5.41) is 9.88. The molecule has 0 aliphatic heterocycles. The van der Waals surface area contributed by atoms with Crippen molar-refractivity contribution in [2.45, 2.75) is 19.6 Å². The zero-order valence-electron chi connectivity index (χ0n) is 17.9. The number of H-pyrrole nitrogens is 1. The van der Waals surface area contributed by atoms with Crippen LogP contribution in [-0.4, -0.2) is 34.3 Å². The first-order valence-corrected chi connectivity index (χ1v) is 10.3. The van der Waals surface area contributed by atoms with E-state index < -0.39 is 6.10 Å². The normalized spacial score (nSPS) is 11.6. The minimum Gasteiger partial charge on any atom is -0.497 e. The molecule has 0 radical (unpaired) electrons. The highest BCUT2D eigenvalue weighted by Crippen LogP contribution is 2.23. The van der Waals surface area contributed by atoms with Gasteiger partial charge in [-0.1, -0.05) is 42.5 Å². The largest absolute Gasteiger partial charge is 0.497 e.